The Hall–Kier alpha value is -4.96. The zero-order valence-electron chi connectivity index (χ0n) is 25.7. The number of hydrogen-bond acceptors (Lipinski definition) is 11. The van der Waals surface area contributed by atoms with Gasteiger partial charge in [-0.1, -0.05) is 0 Å². The number of carboxylic acids is 1. The largest absolute Gasteiger partial charge is 0.480 e. The number of anilines is 2. The van der Waals surface area contributed by atoms with E-state index in [2.05, 4.69) is 25.3 Å². The molecule has 16 heteroatoms. The number of fused-ring (bicyclic) bond motifs is 2. The summed E-state index contributed by atoms with van der Waals surface area (Å²) in [5.74, 6) is -3.04. The number of hydrogen-bond donors (Lipinski definition) is 3. The van der Waals surface area contributed by atoms with E-state index >= 15 is 0 Å². The summed E-state index contributed by atoms with van der Waals surface area (Å²) < 4.78 is 45.0. The number of carbonyl (C=O) groups is 2. The third-order valence-corrected chi connectivity index (χ3v) is 6.27. The van der Waals surface area contributed by atoms with Crippen LogP contribution < -0.4 is 21.8 Å². The minimum absolute atomic E-state index is 0.0945. The van der Waals surface area contributed by atoms with Gasteiger partial charge in [-0.2, -0.15) is 0 Å². The molecule has 4 heterocycles. The topological polar surface area (TPSA) is 175 Å². The zero-order chi connectivity index (χ0) is 33.7. The van der Waals surface area contributed by atoms with Gasteiger partial charge in [0.2, 0.25) is 0 Å². The molecule has 0 fully saturated rings. The van der Waals surface area contributed by atoms with E-state index in [1.54, 1.807) is 13.8 Å². The van der Waals surface area contributed by atoms with Crippen molar-refractivity contribution in [1.82, 2.24) is 18.8 Å². The number of esters is 1. The zero-order valence-corrected chi connectivity index (χ0v) is 25.7. The van der Waals surface area contributed by atoms with Gasteiger partial charge in [-0.25, -0.2) is 28.3 Å². The van der Waals surface area contributed by atoms with Crippen LogP contribution in [0.4, 0.5) is 20.2 Å². The number of pyridine rings is 2. The molecule has 0 amide bonds. The van der Waals surface area contributed by atoms with E-state index in [4.69, 9.17) is 14.6 Å². The fourth-order valence-electron chi connectivity index (χ4n) is 4.08. The Morgan fingerprint density at radius 3 is 1.53 bits per heavy atom. The van der Waals surface area contributed by atoms with Crippen LogP contribution in [0.5, 0.6) is 0 Å². The Bertz CT molecular complexity index is 1860. The van der Waals surface area contributed by atoms with Crippen LogP contribution in [0.2, 0.25) is 0 Å². The Balaban J connectivity index is 0.000000246. The molecule has 0 radical (unpaired) electrons. The molecule has 4 aromatic rings. The van der Waals surface area contributed by atoms with Gasteiger partial charge in [-0.05, 0) is 27.7 Å². The van der Waals surface area contributed by atoms with Crippen LogP contribution >= 0.6 is 0 Å². The SMILES string of the molecule is COCc1cc(=O)n2cc(NC(C)(C)C(=O)O)cc(F)c2n1.COCc1cc(=O)n2cc(NC(C)(C)C(=O)OC)cc(F)c2n1. The van der Waals surface area contributed by atoms with E-state index in [-0.39, 0.29) is 35.9 Å². The maximum Gasteiger partial charge on any atom is 0.330 e. The Kier molecular flexibility index (Phi) is 10.6. The number of nitrogens with zero attached hydrogens (tertiary/aromatic N) is 4. The molecule has 0 spiro atoms. The van der Waals surface area contributed by atoms with Crippen molar-refractivity contribution in [2.45, 2.75) is 52.0 Å². The van der Waals surface area contributed by atoms with Crippen molar-refractivity contribution in [3.8, 4) is 0 Å². The molecule has 0 aliphatic rings. The normalized spacial score (nSPS) is 11.6. The molecule has 0 unspecified atom stereocenters. The van der Waals surface area contributed by atoms with Crippen molar-refractivity contribution in [2.24, 2.45) is 0 Å². The molecule has 242 valence electrons. The van der Waals surface area contributed by atoms with Crippen LogP contribution in [0.1, 0.15) is 39.1 Å². The Morgan fingerprint density at radius 2 is 1.18 bits per heavy atom. The first-order valence-corrected chi connectivity index (χ1v) is 13.3. The minimum atomic E-state index is -1.31. The highest BCUT2D eigenvalue weighted by molar-refractivity contribution is 5.83. The van der Waals surface area contributed by atoms with Crippen molar-refractivity contribution < 1.29 is 37.7 Å². The van der Waals surface area contributed by atoms with Crippen LogP contribution in [0.25, 0.3) is 11.3 Å². The second kappa shape index (κ2) is 13.8. The van der Waals surface area contributed by atoms with Crippen molar-refractivity contribution in [3.63, 3.8) is 0 Å². The van der Waals surface area contributed by atoms with E-state index in [1.165, 1.54) is 65.8 Å². The van der Waals surface area contributed by atoms with Crippen LogP contribution in [0.3, 0.4) is 0 Å². The molecule has 3 N–H and O–H groups in total. The van der Waals surface area contributed by atoms with Crippen molar-refractivity contribution in [2.75, 3.05) is 32.0 Å². The fourth-order valence-corrected chi connectivity index (χ4v) is 4.08. The quantitative estimate of drug-likeness (QED) is 0.218. The number of methoxy groups -OCH3 is 3. The molecule has 0 aliphatic carbocycles. The summed E-state index contributed by atoms with van der Waals surface area (Å²) in [5, 5.41) is 14.6. The van der Waals surface area contributed by atoms with Gasteiger partial charge in [0.1, 0.15) is 11.1 Å². The predicted molar refractivity (Wildman–Crippen MR) is 159 cm³/mol. The van der Waals surface area contributed by atoms with Crippen LogP contribution in [0.15, 0.2) is 46.2 Å². The number of rotatable bonds is 10. The van der Waals surface area contributed by atoms with E-state index in [1.807, 2.05) is 0 Å². The average Bonchev–Trinajstić information content (AvgIpc) is 2.94. The first-order chi connectivity index (χ1) is 21.0. The minimum Gasteiger partial charge on any atom is -0.480 e. The molecule has 0 aromatic carbocycles. The third kappa shape index (κ3) is 8.16. The van der Waals surface area contributed by atoms with Gasteiger partial charge in [-0.15, -0.1) is 0 Å². The standard InChI is InChI=1S/C15H18FN3O4.C14H16FN3O4/c1-15(2,14(21)23-4)18-9-5-11(16)13-17-10(8-22-3)6-12(20)19(13)7-9;1-14(2,13(20)21)17-8-4-10(15)12-16-9(7-22-3)5-11(19)18(12)6-8/h5-7,18H,8H2,1-4H3;4-6,17H,7H2,1-3H3,(H,20,21). The molecule has 4 rings (SSSR count). The summed E-state index contributed by atoms with van der Waals surface area (Å²) in [5.41, 5.74) is -2.48. The molecular weight excluding hydrogens is 598 g/mol. The molecule has 0 aliphatic heterocycles. The van der Waals surface area contributed by atoms with E-state index in [0.717, 1.165) is 14.9 Å². The van der Waals surface area contributed by atoms with Gasteiger partial charge < -0.3 is 30.0 Å². The number of nitrogens with one attached hydrogen (secondary N) is 2. The maximum absolute atomic E-state index is 14.3. The smallest absolute Gasteiger partial charge is 0.330 e. The number of carboxylic acid groups (broad SMARTS) is 1. The number of halogens is 2. The first kappa shape index (κ1) is 34.5. The fraction of sp³-hybridized carbons (Fsp3) is 0.379. The Labute approximate surface area is 255 Å². The molecule has 45 heavy (non-hydrogen) atoms. The van der Waals surface area contributed by atoms with Gasteiger partial charge in [0.05, 0.1) is 43.1 Å². The third-order valence-electron chi connectivity index (χ3n) is 6.27. The molecule has 4 aromatic heterocycles. The lowest BCUT2D eigenvalue weighted by Gasteiger charge is -2.24. The first-order valence-electron chi connectivity index (χ1n) is 13.3. The summed E-state index contributed by atoms with van der Waals surface area (Å²) in [6.45, 7) is 6.24. The lowest BCUT2D eigenvalue weighted by molar-refractivity contribution is -0.144. The summed E-state index contributed by atoms with van der Waals surface area (Å²) in [4.78, 5) is 55.0. The number of carbonyl (C=O) groups excluding carboxylic acids is 1. The van der Waals surface area contributed by atoms with Gasteiger partial charge in [-0.3, -0.25) is 18.4 Å². The highest BCUT2D eigenvalue weighted by atomic mass is 19.1. The summed E-state index contributed by atoms with van der Waals surface area (Å²) in [6, 6.07) is 4.78. The summed E-state index contributed by atoms with van der Waals surface area (Å²) in [6.07, 6.45) is 2.70. The molecule has 0 bridgehead atoms. The highest BCUT2D eigenvalue weighted by Gasteiger charge is 2.29. The second-order valence-electron chi connectivity index (χ2n) is 10.9. The summed E-state index contributed by atoms with van der Waals surface area (Å²) in [7, 11) is 4.17. The lowest BCUT2D eigenvalue weighted by Crippen LogP contribution is -2.41. The van der Waals surface area contributed by atoms with Gasteiger partial charge in [0.15, 0.2) is 22.9 Å². The molecule has 0 saturated heterocycles. The molecule has 0 atom stereocenters. The average molecular weight is 633 g/mol. The molecule has 0 saturated carbocycles. The van der Waals surface area contributed by atoms with Gasteiger partial charge >= 0.3 is 11.9 Å². The van der Waals surface area contributed by atoms with E-state index < -0.39 is 45.8 Å². The number of aliphatic carboxylic acids is 1. The molecular formula is C29H34F2N6O8. The number of aromatic nitrogens is 4. The van der Waals surface area contributed by atoms with Crippen LogP contribution in [0, 0.1) is 11.6 Å². The van der Waals surface area contributed by atoms with Crippen LogP contribution in [-0.4, -0.2) is 68.2 Å². The monoisotopic (exact) mass is 632 g/mol. The van der Waals surface area contributed by atoms with Crippen molar-refractivity contribution >= 4 is 34.6 Å². The second-order valence-corrected chi connectivity index (χ2v) is 10.9. The van der Waals surface area contributed by atoms with E-state index in [0.29, 0.717) is 11.4 Å². The van der Waals surface area contributed by atoms with Crippen LogP contribution in [-0.2, 0) is 37.0 Å². The Morgan fingerprint density at radius 1 is 0.778 bits per heavy atom. The van der Waals surface area contributed by atoms with Gasteiger partial charge in [0.25, 0.3) is 11.1 Å². The van der Waals surface area contributed by atoms with E-state index in [9.17, 15) is 28.0 Å². The molecule has 14 nitrogen and oxygen atoms in total. The van der Waals surface area contributed by atoms with Crippen molar-refractivity contribution in [3.05, 3.63) is 80.4 Å². The maximum atomic E-state index is 14.3. The summed E-state index contributed by atoms with van der Waals surface area (Å²) >= 11 is 0. The predicted octanol–water partition coefficient (Wildman–Crippen LogP) is 2.60. The number of ether oxygens (including phenoxy) is 3. The highest BCUT2D eigenvalue weighted by Crippen LogP contribution is 2.20. The van der Waals surface area contributed by atoms with Gasteiger partial charge in [0, 0.05) is 50.9 Å². The lowest BCUT2D eigenvalue weighted by atomic mass is 10.1. The van der Waals surface area contributed by atoms with Crippen molar-refractivity contribution in [1.29, 1.82) is 0 Å².